The van der Waals surface area contributed by atoms with Gasteiger partial charge in [-0.15, -0.1) is 0 Å². The summed E-state index contributed by atoms with van der Waals surface area (Å²) in [4.78, 5) is 0. The lowest BCUT2D eigenvalue weighted by Crippen LogP contribution is -2.13. The first-order valence-electron chi connectivity index (χ1n) is 12.3. The fourth-order valence-corrected chi connectivity index (χ4v) is 4.48. The number of rotatable bonds is 2. The average molecular weight is 394 g/mol. The molecule has 30 heavy (non-hydrogen) atoms. The molecular weight excluding hydrogens is 362 g/mol. The Morgan fingerprint density at radius 1 is 0.800 bits per heavy atom. The van der Waals surface area contributed by atoms with Gasteiger partial charge in [-0.1, -0.05) is 93.0 Å². The fourth-order valence-electron chi connectivity index (χ4n) is 4.48. The van der Waals surface area contributed by atoms with Crippen molar-refractivity contribution in [2.75, 3.05) is 0 Å². The van der Waals surface area contributed by atoms with Gasteiger partial charge in [0.05, 0.1) is 16.5 Å². The Morgan fingerprint density at radius 2 is 1.53 bits per heavy atom. The maximum atomic E-state index is 8.79. The molecule has 148 valence electrons. The Labute approximate surface area is 184 Å². The summed E-state index contributed by atoms with van der Waals surface area (Å²) >= 11 is 0. The molecule has 1 heteroatoms. The van der Waals surface area contributed by atoms with Gasteiger partial charge in [0.15, 0.2) is 0 Å². The summed E-state index contributed by atoms with van der Waals surface area (Å²) in [6.45, 7) is 8.16. The first-order chi connectivity index (χ1) is 16.1. The summed E-state index contributed by atoms with van der Waals surface area (Å²) in [6.07, 6.45) is 0. The van der Waals surface area contributed by atoms with Crippen LogP contribution in [0.3, 0.4) is 0 Å². The molecule has 1 heterocycles. The van der Waals surface area contributed by atoms with Gasteiger partial charge in [0, 0.05) is 16.5 Å². The second-order valence-corrected chi connectivity index (χ2v) is 8.82. The van der Waals surface area contributed by atoms with Crippen molar-refractivity contribution in [2.45, 2.75) is 33.1 Å². The number of hydrogen-bond acceptors (Lipinski definition) is 0. The topological polar surface area (TPSA) is 4.93 Å². The third-order valence-corrected chi connectivity index (χ3v) is 5.62. The van der Waals surface area contributed by atoms with E-state index in [-0.39, 0.29) is 29.6 Å². The first-order valence-corrected chi connectivity index (χ1v) is 10.3. The van der Waals surface area contributed by atoms with Crippen LogP contribution in [-0.2, 0) is 5.41 Å². The lowest BCUT2D eigenvalue weighted by molar-refractivity contribution is 0.598. The van der Waals surface area contributed by atoms with Gasteiger partial charge >= 0.3 is 0 Å². The van der Waals surface area contributed by atoms with E-state index in [0.29, 0.717) is 11.1 Å². The minimum atomic E-state index is -0.297. The standard InChI is InChI=1S/C29H27N/c1-20-11-10-12-21(19-20)23-17-18-26-27(28(23)29(2,3)4)24-15-8-9-16-25(24)30(26)22-13-6-5-7-14-22/h5-19H,1-4H3/i10D,11D,12D,19D. The number of aromatic nitrogens is 1. The van der Waals surface area contributed by atoms with Gasteiger partial charge in [0.2, 0.25) is 0 Å². The minimum Gasteiger partial charge on any atom is -0.309 e. The molecule has 1 aromatic heterocycles. The zero-order valence-electron chi connectivity index (χ0n) is 21.8. The molecule has 0 radical (unpaired) electrons. The van der Waals surface area contributed by atoms with Crippen LogP contribution in [0.5, 0.6) is 0 Å². The van der Waals surface area contributed by atoms with E-state index in [4.69, 9.17) is 5.48 Å². The maximum absolute atomic E-state index is 8.79. The molecule has 1 nitrogen and oxygen atoms in total. The number of fused-ring (bicyclic) bond motifs is 3. The van der Waals surface area contributed by atoms with Crippen LogP contribution < -0.4 is 0 Å². The molecule has 0 saturated carbocycles. The van der Waals surface area contributed by atoms with E-state index in [9.17, 15) is 0 Å². The van der Waals surface area contributed by atoms with Crippen molar-refractivity contribution in [3.8, 4) is 16.8 Å². The smallest absolute Gasteiger partial charge is 0.0632 e. The molecule has 0 aliphatic heterocycles. The van der Waals surface area contributed by atoms with E-state index in [1.165, 1.54) is 0 Å². The SMILES string of the molecule is [2H]c1c([2H])c(C)c([2H])c(-c2ccc3c(c2C(C)(C)C)c2ccccc2n3-c2ccccc2)c1[2H]. The molecule has 0 aliphatic carbocycles. The van der Waals surface area contributed by atoms with Crippen molar-refractivity contribution in [3.63, 3.8) is 0 Å². The zero-order chi connectivity index (χ0) is 24.4. The number of nitrogens with zero attached hydrogens (tertiary/aromatic N) is 1. The molecular formula is C29H27N. The van der Waals surface area contributed by atoms with E-state index in [2.05, 4.69) is 55.7 Å². The van der Waals surface area contributed by atoms with Crippen molar-refractivity contribution >= 4 is 21.8 Å². The quantitative estimate of drug-likeness (QED) is 0.286. The van der Waals surface area contributed by atoms with E-state index in [0.717, 1.165) is 38.6 Å². The highest BCUT2D eigenvalue weighted by Crippen LogP contribution is 2.43. The summed E-state index contributed by atoms with van der Waals surface area (Å²) in [7, 11) is 0. The lowest BCUT2D eigenvalue weighted by Gasteiger charge is -2.25. The molecule has 0 spiro atoms. The van der Waals surface area contributed by atoms with Crippen LogP contribution in [0, 0.1) is 6.92 Å². The van der Waals surface area contributed by atoms with E-state index < -0.39 is 0 Å². The third-order valence-electron chi connectivity index (χ3n) is 5.62. The van der Waals surface area contributed by atoms with Crippen LogP contribution in [0.2, 0.25) is 0 Å². The predicted octanol–water partition coefficient (Wildman–Crippen LogP) is 8.06. The molecule has 0 amide bonds. The third kappa shape index (κ3) is 2.93. The molecule has 0 saturated heterocycles. The van der Waals surface area contributed by atoms with Crippen molar-refractivity contribution < 1.29 is 5.48 Å². The molecule has 0 N–H and O–H groups in total. The molecule has 0 aliphatic rings. The second-order valence-electron chi connectivity index (χ2n) is 8.82. The Kier molecular flexibility index (Phi) is 3.36. The van der Waals surface area contributed by atoms with Crippen molar-refractivity contribution in [2.24, 2.45) is 0 Å². The summed E-state index contributed by atoms with van der Waals surface area (Å²) in [5.74, 6) is 0. The molecule has 4 aromatic carbocycles. The number of benzene rings is 4. The normalized spacial score (nSPS) is 13.9. The number of para-hydroxylation sites is 2. The molecule has 0 fully saturated rings. The van der Waals surface area contributed by atoms with Crippen LogP contribution >= 0.6 is 0 Å². The van der Waals surface area contributed by atoms with Crippen molar-refractivity contribution in [1.82, 2.24) is 4.57 Å². The van der Waals surface area contributed by atoms with Gasteiger partial charge in [-0.2, -0.15) is 0 Å². The minimum absolute atomic E-state index is 0.0437. The Hall–Kier alpha value is -3.32. The summed E-state index contributed by atoms with van der Waals surface area (Å²) < 4.78 is 36.3. The summed E-state index contributed by atoms with van der Waals surface area (Å²) in [6, 6.07) is 22.6. The second kappa shape index (κ2) is 6.88. The lowest BCUT2D eigenvalue weighted by atomic mass is 9.79. The highest BCUT2D eigenvalue weighted by atomic mass is 15.0. The molecule has 0 unspecified atom stereocenters. The Balaban J connectivity index is 2.01. The first kappa shape index (κ1) is 14.6. The van der Waals surface area contributed by atoms with Gasteiger partial charge in [0.25, 0.3) is 0 Å². The maximum Gasteiger partial charge on any atom is 0.0632 e. The highest BCUT2D eigenvalue weighted by Gasteiger charge is 2.25. The molecule has 0 atom stereocenters. The summed E-state index contributed by atoms with van der Waals surface area (Å²) in [5, 5.41) is 2.22. The Morgan fingerprint density at radius 3 is 2.30 bits per heavy atom. The van der Waals surface area contributed by atoms with Crippen LogP contribution in [-0.4, -0.2) is 4.57 Å². The summed E-state index contributed by atoms with van der Waals surface area (Å²) in [5.41, 5.74) is 5.66. The van der Waals surface area contributed by atoms with Gasteiger partial charge in [-0.3, -0.25) is 0 Å². The fraction of sp³-hybridized carbons (Fsp3) is 0.172. The van der Waals surface area contributed by atoms with Gasteiger partial charge < -0.3 is 4.57 Å². The van der Waals surface area contributed by atoms with E-state index in [1.54, 1.807) is 6.92 Å². The van der Waals surface area contributed by atoms with Gasteiger partial charge in [-0.05, 0) is 53.3 Å². The monoisotopic (exact) mass is 393 g/mol. The van der Waals surface area contributed by atoms with Crippen molar-refractivity contribution in [3.05, 3.63) is 102 Å². The van der Waals surface area contributed by atoms with E-state index >= 15 is 0 Å². The highest BCUT2D eigenvalue weighted by molar-refractivity contribution is 6.13. The Bertz CT molecular complexity index is 1540. The van der Waals surface area contributed by atoms with Gasteiger partial charge in [0.1, 0.15) is 0 Å². The van der Waals surface area contributed by atoms with Crippen LogP contribution in [0.1, 0.15) is 37.4 Å². The van der Waals surface area contributed by atoms with Crippen LogP contribution in [0.15, 0.2) is 90.9 Å². The largest absolute Gasteiger partial charge is 0.309 e. The van der Waals surface area contributed by atoms with Crippen LogP contribution in [0.25, 0.3) is 38.6 Å². The molecule has 0 bridgehead atoms. The van der Waals surface area contributed by atoms with E-state index in [1.807, 2.05) is 36.4 Å². The molecule has 5 aromatic rings. The van der Waals surface area contributed by atoms with Gasteiger partial charge in [-0.25, -0.2) is 0 Å². The predicted molar refractivity (Wildman–Crippen MR) is 130 cm³/mol. The zero-order valence-corrected chi connectivity index (χ0v) is 17.8. The number of hydrogen-bond donors (Lipinski definition) is 0. The van der Waals surface area contributed by atoms with Crippen molar-refractivity contribution in [1.29, 1.82) is 0 Å². The van der Waals surface area contributed by atoms with Crippen LogP contribution in [0.4, 0.5) is 0 Å². The average Bonchev–Trinajstić information content (AvgIpc) is 3.15. The molecule has 5 rings (SSSR count).